The molecule has 7 heteroatoms. The number of ether oxygens (including phenoxy) is 1. The van der Waals surface area contributed by atoms with E-state index in [1.165, 1.54) is 7.11 Å². The van der Waals surface area contributed by atoms with Crippen LogP contribution < -0.4 is 0 Å². The Labute approximate surface area is 165 Å². The molecule has 1 saturated carbocycles. The summed E-state index contributed by atoms with van der Waals surface area (Å²) in [7, 11) is 1.31. The molecular weight excluding hydrogens is 370 g/mol. The molecular formula is C22H17N3O4. The Morgan fingerprint density at radius 1 is 1.17 bits per heavy atom. The third-order valence-corrected chi connectivity index (χ3v) is 6.48. The number of methoxy groups -OCH3 is 1. The van der Waals surface area contributed by atoms with E-state index in [0.29, 0.717) is 17.9 Å². The number of piperidine rings is 1. The van der Waals surface area contributed by atoms with Crippen LogP contribution in [0.3, 0.4) is 0 Å². The number of benzene rings is 1. The monoisotopic (exact) mass is 387 g/mol. The molecule has 2 N–H and O–H groups in total. The highest BCUT2D eigenvalue weighted by atomic mass is 16.5. The molecule has 144 valence electrons. The van der Waals surface area contributed by atoms with E-state index in [9.17, 15) is 14.4 Å². The highest BCUT2D eigenvalue weighted by Gasteiger charge is 2.67. The lowest BCUT2D eigenvalue weighted by atomic mass is 9.85. The van der Waals surface area contributed by atoms with Crippen LogP contribution in [0.1, 0.15) is 43.4 Å². The van der Waals surface area contributed by atoms with Gasteiger partial charge in [0, 0.05) is 34.6 Å². The lowest BCUT2D eigenvalue weighted by Gasteiger charge is -2.27. The Hall–Kier alpha value is -3.61. The van der Waals surface area contributed by atoms with Crippen LogP contribution in [-0.2, 0) is 10.2 Å². The minimum absolute atomic E-state index is 0.140. The number of aromatic nitrogens is 2. The molecule has 3 heterocycles. The summed E-state index contributed by atoms with van der Waals surface area (Å²) in [5.41, 5.74) is 3.27. The van der Waals surface area contributed by atoms with Gasteiger partial charge in [0.2, 0.25) is 5.78 Å². The average molecular weight is 387 g/mol. The quantitative estimate of drug-likeness (QED) is 0.661. The number of hydrogen-bond donors (Lipinski definition) is 2. The molecule has 3 aromatic rings. The maximum absolute atomic E-state index is 13.3. The predicted molar refractivity (Wildman–Crippen MR) is 104 cm³/mol. The van der Waals surface area contributed by atoms with Crippen molar-refractivity contribution < 1.29 is 19.1 Å². The summed E-state index contributed by atoms with van der Waals surface area (Å²) >= 11 is 0. The van der Waals surface area contributed by atoms with Gasteiger partial charge in [-0.2, -0.15) is 0 Å². The first-order valence-electron chi connectivity index (χ1n) is 9.51. The first-order chi connectivity index (χ1) is 14.0. The number of nitrogens with one attached hydrogen (secondary N) is 2. The number of H-pyrrole nitrogens is 2. The van der Waals surface area contributed by atoms with E-state index in [1.807, 2.05) is 30.3 Å². The van der Waals surface area contributed by atoms with Crippen LogP contribution in [0.2, 0.25) is 0 Å². The number of esters is 1. The van der Waals surface area contributed by atoms with Gasteiger partial charge in [0.05, 0.1) is 12.8 Å². The van der Waals surface area contributed by atoms with Crippen molar-refractivity contribution in [3.63, 3.8) is 0 Å². The largest absolute Gasteiger partial charge is 0.464 e. The number of ketones is 1. The second-order valence-corrected chi connectivity index (χ2v) is 7.92. The number of fused-ring (bicyclic) bond motifs is 2. The zero-order valence-electron chi connectivity index (χ0n) is 15.6. The SMILES string of the molecule is COC(=O)c1cc2c([nH]1)C(=O)C=C1N(C(=O)c3cc4ccccc4[nH]3)C[C@@H]3C[C@@]123. The molecule has 1 spiro atoms. The minimum atomic E-state index is -0.508. The van der Waals surface area contributed by atoms with Gasteiger partial charge in [-0.15, -0.1) is 0 Å². The Bertz CT molecular complexity index is 1250. The molecule has 1 saturated heterocycles. The number of likely N-dealkylation sites (tertiary alicyclic amines) is 1. The first-order valence-corrected chi connectivity index (χ1v) is 9.51. The zero-order valence-corrected chi connectivity index (χ0v) is 15.6. The van der Waals surface area contributed by atoms with Crippen LogP contribution in [0, 0.1) is 5.92 Å². The van der Waals surface area contributed by atoms with Crippen LogP contribution in [-0.4, -0.2) is 46.2 Å². The van der Waals surface area contributed by atoms with E-state index in [4.69, 9.17) is 4.74 Å². The fourth-order valence-electron chi connectivity index (χ4n) is 5.04. The van der Waals surface area contributed by atoms with E-state index in [1.54, 1.807) is 17.0 Å². The van der Waals surface area contributed by atoms with Gasteiger partial charge in [-0.1, -0.05) is 18.2 Å². The normalized spacial score (nSPS) is 24.0. The second-order valence-electron chi connectivity index (χ2n) is 7.92. The van der Waals surface area contributed by atoms with Crippen molar-refractivity contribution in [2.75, 3.05) is 13.7 Å². The summed E-state index contributed by atoms with van der Waals surface area (Å²) < 4.78 is 4.79. The van der Waals surface area contributed by atoms with Crippen LogP contribution in [0.5, 0.6) is 0 Å². The maximum atomic E-state index is 13.3. The number of allylic oxidation sites excluding steroid dienone is 2. The summed E-state index contributed by atoms with van der Waals surface area (Å²) in [5, 5.41) is 0.972. The number of carbonyl (C=O) groups is 3. The number of hydrogen-bond acceptors (Lipinski definition) is 4. The molecule has 1 aromatic carbocycles. The summed E-state index contributed by atoms with van der Waals surface area (Å²) in [4.78, 5) is 45.8. The highest BCUT2D eigenvalue weighted by Crippen LogP contribution is 2.66. The highest BCUT2D eigenvalue weighted by molar-refractivity contribution is 6.10. The Balaban J connectivity index is 1.41. The Morgan fingerprint density at radius 3 is 2.79 bits per heavy atom. The van der Waals surface area contributed by atoms with Gasteiger partial charge in [-0.05, 0) is 36.1 Å². The third kappa shape index (κ3) is 1.99. The molecule has 0 radical (unpaired) electrons. The van der Waals surface area contributed by atoms with Crippen molar-refractivity contribution in [1.82, 2.24) is 14.9 Å². The summed E-state index contributed by atoms with van der Waals surface area (Å²) in [5.74, 6) is -0.627. The zero-order chi connectivity index (χ0) is 19.9. The molecule has 29 heavy (non-hydrogen) atoms. The average Bonchev–Trinajstić information content (AvgIpc) is 3.10. The number of para-hydroxylation sites is 1. The molecule has 0 unspecified atom stereocenters. The fraction of sp³-hybridized carbons (Fsp3) is 0.227. The molecule has 3 aliphatic rings. The van der Waals surface area contributed by atoms with Gasteiger partial charge in [-0.3, -0.25) is 9.59 Å². The van der Waals surface area contributed by atoms with Gasteiger partial charge >= 0.3 is 5.97 Å². The number of nitrogens with zero attached hydrogens (tertiary/aromatic N) is 1. The van der Waals surface area contributed by atoms with Crippen molar-refractivity contribution in [2.24, 2.45) is 5.92 Å². The van der Waals surface area contributed by atoms with Crippen molar-refractivity contribution in [1.29, 1.82) is 0 Å². The van der Waals surface area contributed by atoms with Crippen LogP contribution in [0.25, 0.3) is 10.9 Å². The van der Waals surface area contributed by atoms with Gasteiger partial charge in [0.15, 0.2) is 0 Å². The van der Waals surface area contributed by atoms with Crippen molar-refractivity contribution >= 4 is 28.6 Å². The van der Waals surface area contributed by atoms with Crippen molar-refractivity contribution in [2.45, 2.75) is 11.8 Å². The smallest absolute Gasteiger partial charge is 0.354 e. The number of amides is 1. The van der Waals surface area contributed by atoms with E-state index >= 15 is 0 Å². The predicted octanol–water partition coefficient (Wildman–Crippen LogP) is 2.78. The molecule has 2 aliphatic carbocycles. The summed E-state index contributed by atoms with van der Waals surface area (Å²) in [6, 6.07) is 11.3. The van der Waals surface area contributed by atoms with Crippen molar-refractivity contribution in [3.8, 4) is 0 Å². The number of rotatable bonds is 2. The molecule has 1 amide bonds. The topological polar surface area (TPSA) is 95.3 Å². The molecule has 0 bridgehead atoms. The van der Waals surface area contributed by atoms with Crippen LogP contribution in [0.15, 0.2) is 48.2 Å². The first kappa shape index (κ1) is 16.4. The van der Waals surface area contributed by atoms with Gasteiger partial charge in [-0.25, -0.2) is 4.79 Å². The van der Waals surface area contributed by atoms with E-state index in [2.05, 4.69) is 9.97 Å². The summed E-state index contributed by atoms with van der Waals surface area (Å²) in [6.45, 7) is 0.561. The second kappa shape index (κ2) is 5.26. The molecule has 2 fully saturated rings. The van der Waals surface area contributed by atoms with Gasteiger partial charge < -0.3 is 19.6 Å². The maximum Gasteiger partial charge on any atom is 0.354 e. The van der Waals surface area contributed by atoms with E-state index in [-0.39, 0.29) is 28.7 Å². The van der Waals surface area contributed by atoms with Crippen LogP contribution >= 0.6 is 0 Å². The third-order valence-electron chi connectivity index (χ3n) is 6.48. The van der Waals surface area contributed by atoms with Crippen LogP contribution in [0.4, 0.5) is 0 Å². The molecule has 2 atom stereocenters. The number of carbonyl (C=O) groups excluding carboxylic acids is 3. The Kier molecular flexibility index (Phi) is 2.96. The Morgan fingerprint density at radius 2 is 2.00 bits per heavy atom. The molecule has 2 aromatic heterocycles. The van der Waals surface area contributed by atoms with Gasteiger partial charge in [0.1, 0.15) is 11.4 Å². The van der Waals surface area contributed by atoms with Gasteiger partial charge in [0.25, 0.3) is 5.91 Å². The standard InChI is InChI=1S/C22H17N3O4/c1-29-21(28)16-7-13-19(24-16)17(26)8-18-22(13)9-12(22)10-25(18)20(27)15-6-11-4-2-3-5-14(11)23-15/h2-8,12,23-24H,9-10H2,1H3/t12-,22-/m0/s1. The lowest BCUT2D eigenvalue weighted by Crippen LogP contribution is -2.33. The molecule has 1 aliphatic heterocycles. The van der Waals surface area contributed by atoms with E-state index < -0.39 is 5.97 Å². The lowest BCUT2D eigenvalue weighted by molar-refractivity contribution is 0.0594. The summed E-state index contributed by atoms with van der Waals surface area (Å²) in [6.07, 6.45) is 2.42. The number of aromatic amines is 2. The fourth-order valence-corrected chi connectivity index (χ4v) is 5.04. The molecule has 6 rings (SSSR count). The molecule has 7 nitrogen and oxygen atoms in total. The van der Waals surface area contributed by atoms with E-state index in [0.717, 1.165) is 28.6 Å². The van der Waals surface area contributed by atoms with Crippen molar-refractivity contribution in [3.05, 3.63) is 70.8 Å². The minimum Gasteiger partial charge on any atom is -0.464 e.